The number of carbonyl (C=O) groups is 1. The maximum atomic E-state index is 11.9. The summed E-state index contributed by atoms with van der Waals surface area (Å²) >= 11 is 0. The van der Waals surface area contributed by atoms with E-state index in [1.165, 1.54) is 42.8 Å². The minimum Gasteiger partial charge on any atom is -0.342 e. The molecule has 1 aliphatic rings. The molecule has 0 saturated carbocycles. The molecule has 3 rings (SSSR count). The van der Waals surface area contributed by atoms with E-state index in [4.69, 9.17) is 0 Å². The number of carbonyl (C=O) groups excluding carboxylic acids is 1. The summed E-state index contributed by atoms with van der Waals surface area (Å²) in [5, 5.41) is 6.87. The molecule has 0 spiro atoms. The van der Waals surface area contributed by atoms with Crippen molar-refractivity contribution in [3.05, 3.63) is 35.7 Å². The van der Waals surface area contributed by atoms with Crippen LogP contribution < -0.4 is 0 Å². The number of aromatic amines is 1. The SMILES string of the molecule is CC(c1ccc(-c2n[nH]c(C(=O)N(C)C)n2)cc1)N1CCCCC1. The second-order valence-electron chi connectivity index (χ2n) is 6.60. The predicted molar refractivity (Wildman–Crippen MR) is 93.7 cm³/mol. The average molecular weight is 327 g/mol. The first kappa shape index (κ1) is 16.6. The number of likely N-dealkylation sites (tertiary alicyclic amines) is 1. The van der Waals surface area contributed by atoms with Crippen LogP contribution >= 0.6 is 0 Å². The molecule has 1 atom stereocenters. The normalized spacial score (nSPS) is 16.8. The van der Waals surface area contributed by atoms with Gasteiger partial charge in [0.15, 0.2) is 5.82 Å². The van der Waals surface area contributed by atoms with E-state index in [2.05, 4.69) is 39.1 Å². The molecule has 1 aliphatic heterocycles. The molecule has 24 heavy (non-hydrogen) atoms. The van der Waals surface area contributed by atoms with Crippen molar-refractivity contribution in [1.29, 1.82) is 0 Å². The molecule has 2 heterocycles. The largest absolute Gasteiger partial charge is 0.342 e. The van der Waals surface area contributed by atoms with Gasteiger partial charge in [0.1, 0.15) is 0 Å². The maximum absolute atomic E-state index is 11.9. The Morgan fingerprint density at radius 1 is 1.17 bits per heavy atom. The van der Waals surface area contributed by atoms with Gasteiger partial charge < -0.3 is 4.90 Å². The number of rotatable bonds is 4. The van der Waals surface area contributed by atoms with Crippen LogP contribution in [0.5, 0.6) is 0 Å². The Bertz CT molecular complexity index is 686. The van der Waals surface area contributed by atoms with Crippen LogP contribution in [-0.4, -0.2) is 58.1 Å². The minimum atomic E-state index is -0.177. The Morgan fingerprint density at radius 3 is 2.46 bits per heavy atom. The molecule has 2 aromatic rings. The summed E-state index contributed by atoms with van der Waals surface area (Å²) in [4.78, 5) is 20.2. The van der Waals surface area contributed by atoms with Gasteiger partial charge in [-0.15, -0.1) is 0 Å². The highest BCUT2D eigenvalue weighted by molar-refractivity contribution is 5.90. The van der Waals surface area contributed by atoms with E-state index in [1.807, 2.05) is 12.1 Å². The van der Waals surface area contributed by atoms with Crippen LogP contribution in [0.25, 0.3) is 11.4 Å². The Hall–Kier alpha value is -2.21. The lowest BCUT2D eigenvalue weighted by atomic mass is 10.0. The molecular weight excluding hydrogens is 302 g/mol. The summed E-state index contributed by atoms with van der Waals surface area (Å²) in [6, 6.07) is 8.76. The number of aromatic nitrogens is 3. The van der Waals surface area contributed by atoms with E-state index in [0.29, 0.717) is 11.9 Å². The van der Waals surface area contributed by atoms with Crippen LogP contribution in [0.2, 0.25) is 0 Å². The fourth-order valence-corrected chi connectivity index (χ4v) is 3.13. The third-order valence-electron chi connectivity index (χ3n) is 4.68. The molecule has 1 N–H and O–H groups in total. The number of nitrogens with zero attached hydrogens (tertiary/aromatic N) is 4. The molecule has 1 saturated heterocycles. The number of amides is 1. The average Bonchev–Trinajstić information content (AvgIpc) is 3.11. The third kappa shape index (κ3) is 3.48. The van der Waals surface area contributed by atoms with Crippen molar-refractivity contribution in [3.8, 4) is 11.4 Å². The first-order chi connectivity index (χ1) is 11.6. The van der Waals surface area contributed by atoms with Crippen LogP contribution in [0.4, 0.5) is 0 Å². The highest BCUT2D eigenvalue weighted by Crippen LogP contribution is 2.25. The second-order valence-corrected chi connectivity index (χ2v) is 6.60. The quantitative estimate of drug-likeness (QED) is 0.938. The van der Waals surface area contributed by atoms with Crippen molar-refractivity contribution >= 4 is 5.91 Å². The monoisotopic (exact) mass is 327 g/mol. The van der Waals surface area contributed by atoms with Gasteiger partial charge in [0.2, 0.25) is 5.82 Å². The van der Waals surface area contributed by atoms with Crippen LogP contribution in [-0.2, 0) is 0 Å². The van der Waals surface area contributed by atoms with E-state index in [1.54, 1.807) is 14.1 Å². The molecular formula is C18H25N5O. The van der Waals surface area contributed by atoms with Crippen molar-refractivity contribution < 1.29 is 4.79 Å². The summed E-state index contributed by atoms with van der Waals surface area (Å²) in [6.45, 7) is 4.63. The third-order valence-corrected chi connectivity index (χ3v) is 4.68. The zero-order valence-corrected chi connectivity index (χ0v) is 14.6. The zero-order chi connectivity index (χ0) is 17.1. The number of nitrogens with one attached hydrogen (secondary N) is 1. The Morgan fingerprint density at radius 2 is 1.83 bits per heavy atom. The van der Waals surface area contributed by atoms with Crippen LogP contribution in [0.1, 0.15) is 48.4 Å². The molecule has 128 valence electrons. The number of piperidine rings is 1. The highest BCUT2D eigenvalue weighted by atomic mass is 16.2. The van der Waals surface area contributed by atoms with E-state index >= 15 is 0 Å². The zero-order valence-electron chi connectivity index (χ0n) is 14.6. The molecule has 0 aliphatic carbocycles. The summed E-state index contributed by atoms with van der Waals surface area (Å²) in [5.74, 6) is 0.641. The van der Waals surface area contributed by atoms with Gasteiger partial charge in [-0.2, -0.15) is 5.10 Å². The summed E-state index contributed by atoms with van der Waals surface area (Å²) in [5.41, 5.74) is 2.22. The van der Waals surface area contributed by atoms with E-state index in [0.717, 1.165) is 5.56 Å². The number of hydrogen-bond acceptors (Lipinski definition) is 4. The van der Waals surface area contributed by atoms with Crippen molar-refractivity contribution in [3.63, 3.8) is 0 Å². The Balaban J connectivity index is 1.73. The molecule has 6 nitrogen and oxygen atoms in total. The Labute approximate surface area is 142 Å². The van der Waals surface area contributed by atoms with Crippen LogP contribution in [0.3, 0.4) is 0 Å². The molecule has 1 amide bonds. The maximum Gasteiger partial charge on any atom is 0.290 e. The van der Waals surface area contributed by atoms with Crippen molar-refractivity contribution in [1.82, 2.24) is 25.0 Å². The standard InChI is InChI=1S/C18H25N5O/c1-13(23-11-5-4-6-12-23)14-7-9-15(10-8-14)16-19-17(21-20-16)18(24)22(2)3/h7-10,13H,4-6,11-12H2,1-3H3,(H,19,20,21). The lowest BCUT2D eigenvalue weighted by Gasteiger charge is -2.32. The fraction of sp³-hybridized carbons (Fsp3) is 0.500. The highest BCUT2D eigenvalue weighted by Gasteiger charge is 2.19. The second kappa shape index (κ2) is 7.13. The van der Waals surface area contributed by atoms with E-state index in [-0.39, 0.29) is 11.7 Å². The first-order valence-corrected chi connectivity index (χ1v) is 8.54. The van der Waals surface area contributed by atoms with Crippen molar-refractivity contribution in [2.24, 2.45) is 0 Å². The lowest BCUT2D eigenvalue weighted by molar-refractivity contribution is 0.0816. The molecule has 1 unspecified atom stereocenters. The van der Waals surface area contributed by atoms with Crippen LogP contribution in [0.15, 0.2) is 24.3 Å². The lowest BCUT2D eigenvalue weighted by Crippen LogP contribution is -2.32. The smallest absolute Gasteiger partial charge is 0.290 e. The van der Waals surface area contributed by atoms with Gasteiger partial charge in [0.05, 0.1) is 0 Å². The minimum absolute atomic E-state index is 0.177. The van der Waals surface area contributed by atoms with E-state index < -0.39 is 0 Å². The summed E-state index contributed by atoms with van der Waals surface area (Å²) in [7, 11) is 3.39. The van der Waals surface area contributed by atoms with Gasteiger partial charge in [0.25, 0.3) is 5.91 Å². The summed E-state index contributed by atoms with van der Waals surface area (Å²) < 4.78 is 0. The molecule has 0 radical (unpaired) electrons. The van der Waals surface area contributed by atoms with Gasteiger partial charge in [-0.1, -0.05) is 30.7 Å². The fourth-order valence-electron chi connectivity index (χ4n) is 3.13. The molecule has 1 aromatic carbocycles. The van der Waals surface area contributed by atoms with Gasteiger partial charge in [-0.05, 0) is 38.4 Å². The van der Waals surface area contributed by atoms with E-state index in [9.17, 15) is 4.79 Å². The Kier molecular flexibility index (Phi) is 4.94. The topological polar surface area (TPSA) is 65.1 Å². The molecule has 1 aromatic heterocycles. The molecule has 1 fully saturated rings. The van der Waals surface area contributed by atoms with Gasteiger partial charge in [-0.3, -0.25) is 14.8 Å². The molecule has 0 bridgehead atoms. The summed E-state index contributed by atoms with van der Waals surface area (Å²) in [6.07, 6.45) is 3.94. The van der Waals surface area contributed by atoms with Gasteiger partial charge in [-0.25, -0.2) is 4.98 Å². The van der Waals surface area contributed by atoms with Crippen LogP contribution in [0, 0.1) is 0 Å². The molecule has 6 heteroatoms. The van der Waals surface area contributed by atoms with Gasteiger partial charge in [0, 0.05) is 25.7 Å². The number of H-pyrrole nitrogens is 1. The first-order valence-electron chi connectivity index (χ1n) is 8.54. The predicted octanol–water partition coefficient (Wildman–Crippen LogP) is 2.72. The number of benzene rings is 1. The van der Waals surface area contributed by atoms with Crippen molar-refractivity contribution in [2.75, 3.05) is 27.2 Å². The van der Waals surface area contributed by atoms with Gasteiger partial charge >= 0.3 is 0 Å². The van der Waals surface area contributed by atoms with Crippen molar-refractivity contribution in [2.45, 2.75) is 32.2 Å². The number of hydrogen-bond donors (Lipinski definition) is 1.